The quantitative estimate of drug-likeness (QED) is 0.288. The van der Waals surface area contributed by atoms with Gasteiger partial charge in [-0.15, -0.1) is 0 Å². The molecular formula is C5H9O5+. The maximum Gasteiger partial charge on any atom is 0.264 e. The smallest absolute Gasteiger partial charge is 0.264 e. The van der Waals surface area contributed by atoms with Crippen LogP contribution in [0, 0.1) is 6.61 Å². The molecule has 1 aliphatic rings. The van der Waals surface area contributed by atoms with E-state index in [0.717, 1.165) is 6.61 Å². The van der Waals surface area contributed by atoms with Gasteiger partial charge in [0, 0.05) is 0 Å². The second-order valence-electron chi connectivity index (χ2n) is 2.13. The van der Waals surface area contributed by atoms with Crippen LogP contribution in [0.4, 0.5) is 0 Å². The third-order valence-electron chi connectivity index (χ3n) is 1.35. The molecule has 0 spiro atoms. The summed E-state index contributed by atoms with van der Waals surface area (Å²) in [5.74, 6) is 0. The van der Waals surface area contributed by atoms with Crippen LogP contribution in [0.25, 0.3) is 0 Å². The third-order valence-corrected chi connectivity index (χ3v) is 1.35. The minimum atomic E-state index is -1.45. The fourth-order valence-electron chi connectivity index (χ4n) is 0.693. The predicted molar refractivity (Wildman–Crippen MR) is 29.4 cm³/mol. The first-order valence-electron chi connectivity index (χ1n) is 2.84. The molecule has 4 atom stereocenters. The van der Waals surface area contributed by atoms with E-state index in [1.807, 2.05) is 0 Å². The molecule has 10 heavy (non-hydrogen) atoms. The minimum Gasteiger partial charge on any atom is -0.385 e. The zero-order valence-electron chi connectivity index (χ0n) is 5.08. The van der Waals surface area contributed by atoms with Gasteiger partial charge in [0.05, 0.1) is 0 Å². The van der Waals surface area contributed by atoms with E-state index >= 15 is 0 Å². The molecule has 0 aromatic rings. The molecule has 0 unspecified atom stereocenters. The number of aliphatic hydroxyl groups is 4. The summed E-state index contributed by atoms with van der Waals surface area (Å²) in [5, 5.41) is 35.1. The van der Waals surface area contributed by atoms with Crippen molar-refractivity contribution in [2.75, 3.05) is 0 Å². The van der Waals surface area contributed by atoms with Gasteiger partial charge in [-0.05, 0) is 0 Å². The van der Waals surface area contributed by atoms with Crippen molar-refractivity contribution >= 4 is 0 Å². The van der Waals surface area contributed by atoms with Gasteiger partial charge in [-0.2, -0.15) is 4.74 Å². The Morgan fingerprint density at radius 3 is 2.10 bits per heavy atom. The highest BCUT2D eigenvalue weighted by Crippen LogP contribution is 2.15. The van der Waals surface area contributed by atoms with Gasteiger partial charge in [-0.1, -0.05) is 0 Å². The first-order chi connectivity index (χ1) is 4.63. The van der Waals surface area contributed by atoms with Gasteiger partial charge >= 0.3 is 0 Å². The van der Waals surface area contributed by atoms with E-state index in [2.05, 4.69) is 4.74 Å². The van der Waals surface area contributed by atoms with Gasteiger partial charge < -0.3 is 20.4 Å². The molecule has 1 fully saturated rings. The summed E-state index contributed by atoms with van der Waals surface area (Å²) < 4.78 is 4.34. The molecule has 1 aliphatic heterocycles. The Morgan fingerprint density at radius 2 is 1.60 bits per heavy atom. The van der Waals surface area contributed by atoms with Crippen LogP contribution in [0.15, 0.2) is 0 Å². The zero-order chi connectivity index (χ0) is 7.72. The number of rotatable bonds is 0. The molecule has 1 rings (SSSR count). The van der Waals surface area contributed by atoms with Gasteiger partial charge in [0.1, 0.15) is 6.10 Å². The van der Waals surface area contributed by atoms with Gasteiger partial charge in [-0.3, -0.25) is 0 Å². The summed E-state index contributed by atoms with van der Waals surface area (Å²) in [6.07, 6.45) is -5.50. The Hall–Kier alpha value is -0.330. The largest absolute Gasteiger partial charge is 0.385 e. The van der Waals surface area contributed by atoms with Crippen molar-refractivity contribution in [1.29, 1.82) is 0 Å². The lowest BCUT2D eigenvalue weighted by molar-refractivity contribution is -0.229. The van der Waals surface area contributed by atoms with Gasteiger partial charge in [0.2, 0.25) is 6.29 Å². The maximum atomic E-state index is 8.85. The lowest BCUT2D eigenvalue weighted by atomic mass is 10.1. The Bertz CT molecular complexity index is 103. The summed E-state index contributed by atoms with van der Waals surface area (Å²) >= 11 is 0. The second kappa shape index (κ2) is 2.73. The number of aliphatic hydroxyl groups excluding tert-OH is 4. The van der Waals surface area contributed by atoms with Crippen LogP contribution in [0.1, 0.15) is 0 Å². The Morgan fingerprint density at radius 1 is 1.00 bits per heavy atom. The van der Waals surface area contributed by atoms with E-state index in [1.54, 1.807) is 0 Å². The van der Waals surface area contributed by atoms with Crippen molar-refractivity contribution < 1.29 is 25.2 Å². The topological polar surface area (TPSA) is 90.2 Å². The second-order valence-corrected chi connectivity index (χ2v) is 2.13. The van der Waals surface area contributed by atoms with Crippen molar-refractivity contribution in [2.24, 2.45) is 0 Å². The average molecular weight is 149 g/mol. The number of hydrogen-bond donors (Lipinski definition) is 4. The Labute approximate surface area is 57.5 Å². The fourth-order valence-corrected chi connectivity index (χ4v) is 0.693. The summed E-state index contributed by atoms with van der Waals surface area (Å²) in [4.78, 5) is 0. The molecule has 58 valence electrons. The van der Waals surface area contributed by atoms with Crippen LogP contribution in [0.3, 0.4) is 0 Å². The first-order valence-corrected chi connectivity index (χ1v) is 2.84. The average Bonchev–Trinajstić information content (AvgIpc) is 1.93. The zero-order valence-corrected chi connectivity index (χ0v) is 5.08. The molecule has 5 nitrogen and oxygen atoms in total. The van der Waals surface area contributed by atoms with E-state index in [-0.39, 0.29) is 0 Å². The third kappa shape index (κ3) is 1.23. The molecule has 1 saturated heterocycles. The number of ether oxygens (including phenoxy) is 1. The molecule has 0 amide bonds. The maximum absolute atomic E-state index is 8.85. The highest BCUT2D eigenvalue weighted by Gasteiger charge is 2.43. The lowest BCUT2D eigenvalue weighted by Crippen LogP contribution is -2.50. The van der Waals surface area contributed by atoms with Crippen LogP contribution in [0.2, 0.25) is 0 Å². The minimum absolute atomic E-state index is 0.877. The first kappa shape index (κ1) is 7.77. The van der Waals surface area contributed by atoms with Crippen molar-refractivity contribution in [1.82, 2.24) is 0 Å². The van der Waals surface area contributed by atoms with Crippen molar-refractivity contribution in [3.8, 4) is 0 Å². The normalized spacial score (nSPS) is 48.4. The van der Waals surface area contributed by atoms with E-state index in [9.17, 15) is 0 Å². The van der Waals surface area contributed by atoms with E-state index < -0.39 is 24.6 Å². The summed E-state index contributed by atoms with van der Waals surface area (Å²) in [6.45, 7) is 0.877. The molecule has 0 bridgehead atoms. The predicted octanol–water partition coefficient (Wildman–Crippen LogP) is -2.42. The Balaban J connectivity index is 2.52. The monoisotopic (exact) mass is 149 g/mol. The molecular weight excluding hydrogens is 140 g/mol. The fraction of sp³-hybridized carbons (Fsp3) is 0.800. The molecule has 0 aromatic heterocycles. The number of hydrogen-bond acceptors (Lipinski definition) is 5. The molecule has 0 aliphatic carbocycles. The van der Waals surface area contributed by atoms with Crippen LogP contribution in [0.5, 0.6) is 0 Å². The molecule has 1 heterocycles. The van der Waals surface area contributed by atoms with Crippen molar-refractivity contribution in [2.45, 2.75) is 24.6 Å². The van der Waals surface area contributed by atoms with Crippen molar-refractivity contribution in [3.05, 3.63) is 6.61 Å². The van der Waals surface area contributed by atoms with Crippen molar-refractivity contribution in [3.63, 3.8) is 0 Å². The summed E-state index contributed by atoms with van der Waals surface area (Å²) in [5.41, 5.74) is 0. The highest BCUT2D eigenvalue weighted by atomic mass is 16.6. The molecule has 0 radical (unpaired) electrons. The molecule has 5 heteroatoms. The standard InChI is InChI=1S/C5H9O5/c6-2-1-10-5(9)4(8)3(2)7/h1-9H/q+1/t2-,3+,4-,5-/m1/s1. The lowest BCUT2D eigenvalue weighted by Gasteiger charge is -2.24. The molecule has 0 saturated carbocycles. The summed E-state index contributed by atoms with van der Waals surface area (Å²) in [6, 6.07) is 0. The van der Waals surface area contributed by atoms with E-state index in [0.29, 0.717) is 0 Å². The Kier molecular flexibility index (Phi) is 2.12. The van der Waals surface area contributed by atoms with E-state index in [4.69, 9.17) is 20.4 Å². The summed E-state index contributed by atoms with van der Waals surface area (Å²) in [7, 11) is 0. The van der Waals surface area contributed by atoms with Gasteiger partial charge in [0.15, 0.2) is 6.10 Å². The van der Waals surface area contributed by atoms with Crippen LogP contribution >= 0.6 is 0 Å². The van der Waals surface area contributed by atoms with Gasteiger partial charge in [0.25, 0.3) is 12.7 Å². The SMILES string of the molecule is O[C@@H]1[C@@H](O)[C@H](O)O[CH+][C@H]1O. The molecule has 0 aromatic carbocycles. The molecule has 4 N–H and O–H groups in total. The van der Waals surface area contributed by atoms with Crippen LogP contribution < -0.4 is 0 Å². The highest BCUT2D eigenvalue weighted by molar-refractivity contribution is 4.87. The van der Waals surface area contributed by atoms with Crippen LogP contribution in [-0.4, -0.2) is 45.0 Å². The van der Waals surface area contributed by atoms with Gasteiger partial charge in [-0.25, -0.2) is 0 Å². The van der Waals surface area contributed by atoms with Crippen LogP contribution in [-0.2, 0) is 4.74 Å². The van der Waals surface area contributed by atoms with E-state index in [1.165, 1.54) is 0 Å².